The number of rotatable bonds is 6. The highest BCUT2D eigenvalue weighted by Crippen LogP contribution is 2.25. The number of aliphatic hydroxyl groups is 1. The van der Waals surface area contributed by atoms with E-state index >= 15 is 0 Å². The third-order valence-electron chi connectivity index (χ3n) is 1.60. The van der Waals surface area contributed by atoms with Crippen LogP contribution in [0.25, 0.3) is 0 Å². The molecular formula is C6H12BrClN2O3. The predicted molar refractivity (Wildman–Crippen MR) is 52.1 cm³/mol. The highest BCUT2D eigenvalue weighted by molar-refractivity contribution is 9.08. The van der Waals surface area contributed by atoms with E-state index in [0.717, 1.165) is 0 Å². The molecule has 0 aliphatic heterocycles. The molecule has 0 radical (unpaired) electrons. The molecule has 0 saturated carbocycles. The van der Waals surface area contributed by atoms with E-state index in [1.54, 1.807) is 0 Å². The largest absolute Gasteiger partial charge is 0.478 e. The number of hydrogen-bond donors (Lipinski definition) is 3. The van der Waals surface area contributed by atoms with Crippen molar-refractivity contribution in [3.05, 3.63) is 0 Å². The molecule has 0 aromatic rings. The number of nitrogens with zero attached hydrogens (tertiary/aromatic N) is 1. The molecule has 4 N–H and O–H groups in total. The van der Waals surface area contributed by atoms with Gasteiger partial charge in [-0.25, -0.2) is 4.79 Å². The van der Waals surface area contributed by atoms with Crippen LogP contribution < -0.4 is 5.73 Å². The van der Waals surface area contributed by atoms with Crippen LogP contribution in [0.3, 0.4) is 0 Å². The van der Waals surface area contributed by atoms with E-state index in [2.05, 4.69) is 16.1 Å². The highest BCUT2D eigenvalue weighted by Gasteiger charge is 2.40. The summed E-state index contributed by atoms with van der Waals surface area (Å²) in [5.74, 6) is -1.39. The van der Waals surface area contributed by atoms with Crippen LogP contribution in [0.2, 0.25) is 0 Å². The third kappa shape index (κ3) is 3.78. The first-order valence-corrected chi connectivity index (χ1v) is 4.77. The lowest BCUT2D eigenvalue weighted by Crippen LogP contribution is -2.46. The lowest BCUT2D eigenvalue weighted by atomic mass is 10.1. The molecule has 0 saturated heterocycles. The van der Waals surface area contributed by atoms with Gasteiger partial charge in [-0.2, -0.15) is 0 Å². The lowest BCUT2D eigenvalue weighted by molar-refractivity contribution is -0.166. The number of carboxylic acid groups (broad SMARTS) is 1. The number of carbonyl (C=O) groups is 1. The van der Waals surface area contributed by atoms with Gasteiger partial charge in [-0.15, -0.1) is 3.45 Å². The fourth-order valence-electron chi connectivity index (χ4n) is 0.780. The Balaban J connectivity index is 4.17. The molecule has 0 heterocycles. The Kier molecular flexibility index (Phi) is 5.82. The van der Waals surface area contributed by atoms with Crippen molar-refractivity contribution < 1.29 is 15.0 Å². The average molecular weight is 276 g/mol. The Hall–Kier alpha value is 0.120. The summed E-state index contributed by atoms with van der Waals surface area (Å²) in [6.07, 6.45) is 1.16. The van der Waals surface area contributed by atoms with Crippen molar-refractivity contribution >= 4 is 33.9 Å². The van der Waals surface area contributed by atoms with Crippen molar-refractivity contribution in [2.24, 2.45) is 5.73 Å². The van der Waals surface area contributed by atoms with Gasteiger partial charge in [0.25, 0.3) is 0 Å². The first-order chi connectivity index (χ1) is 5.95. The fourth-order valence-corrected chi connectivity index (χ4v) is 1.27. The number of carboxylic acids is 1. The Morgan fingerprint density at radius 2 is 2.15 bits per heavy atom. The van der Waals surface area contributed by atoms with Crippen molar-refractivity contribution in [2.45, 2.75) is 25.0 Å². The molecule has 0 aliphatic rings. The topological polar surface area (TPSA) is 86.8 Å². The second-order valence-electron chi connectivity index (χ2n) is 2.60. The Bertz CT molecular complexity index is 181. The monoisotopic (exact) mass is 274 g/mol. The van der Waals surface area contributed by atoms with Gasteiger partial charge in [0, 0.05) is 22.6 Å². The summed E-state index contributed by atoms with van der Waals surface area (Å²) in [7, 11) is 0. The molecule has 0 amide bonds. The zero-order valence-corrected chi connectivity index (χ0v) is 9.25. The summed E-state index contributed by atoms with van der Waals surface area (Å²) in [6, 6.07) is 0. The predicted octanol–water partition coefficient (Wildman–Crippen LogP) is 0.654. The number of halogens is 2. The number of unbranched alkanes of at least 4 members (excludes halogenated alkanes) is 1. The van der Waals surface area contributed by atoms with Crippen LogP contribution in [0.4, 0.5) is 0 Å². The second-order valence-corrected chi connectivity index (χ2v) is 4.06. The number of aliphatic carboxylic acids is 1. The van der Waals surface area contributed by atoms with Crippen LogP contribution in [-0.2, 0) is 4.79 Å². The zero-order chi connectivity index (χ0) is 10.5. The van der Waals surface area contributed by atoms with Crippen LogP contribution >= 0.6 is 27.9 Å². The van der Waals surface area contributed by atoms with Crippen molar-refractivity contribution in [1.82, 2.24) is 3.45 Å². The molecule has 13 heavy (non-hydrogen) atoms. The maximum atomic E-state index is 10.6. The zero-order valence-electron chi connectivity index (χ0n) is 6.91. The molecular weight excluding hydrogens is 263 g/mol. The SMILES string of the molecule is NCCCCC(O)(C(=O)O)N(Cl)Br. The maximum absolute atomic E-state index is 10.6. The van der Waals surface area contributed by atoms with Gasteiger partial charge < -0.3 is 15.9 Å². The van der Waals surface area contributed by atoms with Crippen LogP contribution in [0.5, 0.6) is 0 Å². The first kappa shape index (κ1) is 13.1. The third-order valence-corrected chi connectivity index (χ3v) is 2.47. The molecule has 0 bridgehead atoms. The smallest absolute Gasteiger partial charge is 0.353 e. The molecule has 78 valence electrons. The minimum Gasteiger partial charge on any atom is -0.478 e. The molecule has 0 rings (SSSR count). The van der Waals surface area contributed by atoms with E-state index in [1.807, 2.05) is 0 Å². The Morgan fingerprint density at radius 1 is 1.62 bits per heavy atom. The van der Waals surface area contributed by atoms with Crippen molar-refractivity contribution in [3.8, 4) is 0 Å². The summed E-state index contributed by atoms with van der Waals surface area (Å²) in [6.45, 7) is 0.459. The molecule has 7 heteroatoms. The Morgan fingerprint density at radius 3 is 2.46 bits per heavy atom. The summed E-state index contributed by atoms with van der Waals surface area (Å²) < 4.78 is 0.582. The molecule has 1 atom stereocenters. The van der Waals surface area contributed by atoms with Gasteiger partial charge in [0.15, 0.2) is 0 Å². The van der Waals surface area contributed by atoms with Gasteiger partial charge in [-0.05, 0) is 31.2 Å². The minimum atomic E-state index is -2.07. The summed E-state index contributed by atoms with van der Waals surface area (Å²) in [5.41, 5.74) is 3.15. The standard InChI is InChI=1S/C6H12BrClN2O3/c7-10(8)6(13,5(11)12)3-1-2-4-9/h13H,1-4,9H2,(H,11,12). The number of hydrogen-bond acceptors (Lipinski definition) is 4. The van der Waals surface area contributed by atoms with Gasteiger partial charge in [-0.3, -0.25) is 0 Å². The molecule has 5 nitrogen and oxygen atoms in total. The number of nitrogens with two attached hydrogens (primary N) is 1. The van der Waals surface area contributed by atoms with Gasteiger partial charge in [0.1, 0.15) is 0 Å². The van der Waals surface area contributed by atoms with Gasteiger partial charge in [0.05, 0.1) is 0 Å². The van der Waals surface area contributed by atoms with Crippen LogP contribution in [0.15, 0.2) is 0 Å². The maximum Gasteiger partial charge on any atom is 0.353 e. The van der Waals surface area contributed by atoms with E-state index in [0.29, 0.717) is 22.8 Å². The van der Waals surface area contributed by atoms with Gasteiger partial charge >= 0.3 is 5.97 Å². The second kappa shape index (κ2) is 5.77. The summed E-state index contributed by atoms with van der Waals surface area (Å²) in [4.78, 5) is 10.6. The molecule has 0 spiro atoms. The molecule has 0 aromatic heterocycles. The van der Waals surface area contributed by atoms with Crippen molar-refractivity contribution in [1.29, 1.82) is 0 Å². The lowest BCUT2D eigenvalue weighted by Gasteiger charge is -2.25. The van der Waals surface area contributed by atoms with Gasteiger partial charge in [0.2, 0.25) is 5.72 Å². The van der Waals surface area contributed by atoms with E-state index in [9.17, 15) is 9.90 Å². The minimum absolute atomic E-state index is 0.0221. The fraction of sp³-hybridized carbons (Fsp3) is 0.833. The van der Waals surface area contributed by atoms with Crippen LogP contribution in [0.1, 0.15) is 19.3 Å². The van der Waals surface area contributed by atoms with E-state index in [-0.39, 0.29) is 6.42 Å². The van der Waals surface area contributed by atoms with E-state index in [1.165, 1.54) is 0 Å². The normalized spacial score (nSPS) is 15.8. The molecule has 0 aliphatic carbocycles. The van der Waals surface area contributed by atoms with Crippen LogP contribution in [-0.4, -0.2) is 31.9 Å². The van der Waals surface area contributed by atoms with E-state index < -0.39 is 11.7 Å². The quantitative estimate of drug-likeness (QED) is 0.376. The molecule has 1 unspecified atom stereocenters. The van der Waals surface area contributed by atoms with Crippen LogP contribution in [0, 0.1) is 0 Å². The summed E-state index contributed by atoms with van der Waals surface area (Å²) in [5, 5.41) is 18.2. The molecule has 0 fully saturated rings. The highest BCUT2D eigenvalue weighted by atomic mass is 79.9. The van der Waals surface area contributed by atoms with E-state index in [4.69, 9.17) is 22.6 Å². The molecule has 0 aromatic carbocycles. The first-order valence-electron chi connectivity index (χ1n) is 3.72. The Labute approximate surface area is 89.9 Å². The van der Waals surface area contributed by atoms with Crippen molar-refractivity contribution in [3.63, 3.8) is 0 Å². The van der Waals surface area contributed by atoms with Gasteiger partial charge in [-0.1, -0.05) is 0 Å². The summed E-state index contributed by atoms with van der Waals surface area (Å²) >= 11 is 8.03. The average Bonchev–Trinajstić information content (AvgIpc) is 2.03. The van der Waals surface area contributed by atoms with Crippen molar-refractivity contribution in [2.75, 3.05) is 6.54 Å².